The molecule has 0 aliphatic heterocycles. The largest absolute Gasteiger partial charge is 0.339 e. The number of nitrogens with one attached hydrogen (secondary N) is 1. The molecule has 37 heavy (non-hydrogen) atoms. The highest BCUT2D eigenvalue weighted by Crippen LogP contribution is 2.19. The van der Waals surface area contributed by atoms with E-state index < -0.39 is 5.56 Å². The maximum Gasteiger partial charge on any atom is 0.332 e. The van der Waals surface area contributed by atoms with Gasteiger partial charge in [-0.15, -0.1) is 0 Å². The SMILES string of the molecule is CCCCCn1c(=O)n(CCCCc2nc(-c3ccc(CCC(C)C)cc3)no2)c(=O)c2[nH]c(Cl)nc21. The molecule has 0 bridgehead atoms. The molecule has 0 spiro atoms. The van der Waals surface area contributed by atoms with Gasteiger partial charge in [0.2, 0.25) is 17.0 Å². The molecule has 4 aromatic rings. The minimum Gasteiger partial charge on any atom is -0.339 e. The normalized spacial score (nSPS) is 11.7. The van der Waals surface area contributed by atoms with Crippen molar-refractivity contribution in [2.75, 3.05) is 0 Å². The molecule has 0 radical (unpaired) electrons. The lowest BCUT2D eigenvalue weighted by molar-refractivity contribution is 0.372. The van der Waals surface area contributed by atoms with Crippen LogP contribution >= 0.6 is 11.6 Å². The van der Waals surface area contributed by atoms with E-state index in [1.807, 2.05) is 12.1 Å². The van der Waals surface area contributed by atoms with Gasteiger partial charge in [0.25, 0.3) is 5.56 Å². The quantitative estimate of drug-likeness (QED) is 0.184. The standard InChI is InChI=1S/C27H35ClN6O3/c1-4-5-7-16-33-24-22(30-26(28)31-24)25(35)34(27(33)36)17-8-6-9-21-29-23(32-37-21)20-14-12-19(13-15-20)11-10-18(2)3/h12-15,18H,4-11,16-17H2,1-3H3,(H,30,31). The number of benzene rings is 1. The van der Waals surface area contributed by atoms with Gasteiger partial charge in [0.05, 0.1) is 0 Å². The number of aromatic amines is 1. The predicted molar refractivity (Wildman–Crippen MR) is 145 cm³/mol. The molecule has 10 heteroatoms. The average molecular weight is 527 g/mol. The number of halogens is 1. The zero-order valence-corrected chi connectivity index (χ0v) is 22.6. The Balaban J connectivity index is 1.38. The summed E-state index contributed by atoms with van der Waals surface area (Å²) in [5, 5.41) is 4.22. The second-order valence-corrected chi connectivity index (χ2v) is 10.3. The number of aryl methyl sites for hydroxylation is 3. The van der Waals surface area contributed by atoms with E-state index in [9.17, 15) is 9.59 Å². The van der Waals surface area contributed by atoms with Crippen LogP contribution in [-0.4, -0.2) is 29.2 Å². The van der Waals surface area contributed by atoms with E-state index in [2.05, 4.69) is 53.0 Å². The summed E-state index contributed by atoms with van der Waals surface area (Å²) in [7, 11) is 0. The second-order valence-electron chi connectivity index (χ2n) is 9.92. The molecule has 4 rings (SSSR count). The van der Waals surface area contributed by atoms with Crippen LogP contribution in [0.4, 0.5) is 0 Å². The Kier molecular flexibility index (Phi) is 8.97. The van der Waals surface area contributed by atoms with Crippen molar-refractivity contribution in [2.24, 2.45) is 5.92 Å². The summed E-state index contributed by atoms with van der Waals surface area (Å²) < 4.78 is 8.25. The van der Waals surface area contributed by atoms with Gasteiger partial charge < -0.3 is 9.51 Å². The van der Waals surface area contributed by atoms with Crippen LogP contribution in [0.25, 0.3) is 22.6 Å². The summed E-state index contributed by atoms with van der Waals surface area (Å²) in [5.74, 6) is 1.79. The van der Waals surface area contributed by atoms with E-state index in [1.165, 1.54) is 10.1 Å². The van der Waals surface area contributed by atoms with Crippen molar-refractivity contribution in [3.8, 4) is 11.4 Å². The molecule has 0 saturated carbocycles. The van der Waals surface area contributed by atoms with E-state index in [4.69, 9.17) is 16.1 Å². The molecule has 0 fully saturated rings. The number of unbranched alkanes of at least 4 members (excludes halogenated alkanes) is 3. The van der Waals surface area contributed by atoms with Gasteiger partial charge in [-0.25, -0.2) is 4.79 Å². The third-order valence-electron chi connectivity index (χ3n) is 6.53. The van der Waals surface area contributed by atoms with Gasteiger partial charge in [-0.3, -0.25) is 13.9 Å². The number of aromatic nitrogens is 6. The minimum absolute atomic E-state index is 0.103. The summed E-state index contributed by atoms with van der Waals surface area (Å²) in [6.07, 6.45) is 6.93. The molecule has 1 aromatic carbocycles. The molecule has 0 aliphatic rings. The van der Waals surface area contributed by atoms with Crippen LogP contribution < -0.4 is 11.2 Å². The van der Waals surface area contributed by atoms with Crippen molar-refractivity contribution < 1.29 is 4.52 Å². The van der Waals surface area contributed by atoms with Gasteiger partial charge in [-0.05, 0) is 55.2 Å². The van der Waals surface area contributed by atoms with Gasteiger partial charge in [-0.1, -0.05) is 63.0 Å². The molecule has 1 N–H and O–H groups in total. The molecule has 0 aliphatic carbocycles. The summed E-state index contributed by atoms with van der Waals surface area (Å²) in [6, 6.07) is 8.29. The minimum atomic E-state index is -0.400. The number of nitrogens with zero attached hydrogens (tertiary/aromatic N) is 5. The summed E-state index contributed by atoms with van der Waals surface area (Å²) in [6.45, 7) is 7.34. The Bertz CT molecular complexity index is 1430. The highest BCUT2D eigenvalue weighted by molar-refractivity contribution is 6.28. The Labute approximate surface area is 220 Å². The van der Waals surface area contributed by atoms with Gasteiger partial charge in [-0.2, -0.15) is 9.97 Å². The van der Waals surface area contributed by atoms with Crippen LogP contribution in [-0.2, 0) is 25.9 Å². The first-order chi connectivity index (χ1) is 17.9. The van der Waals surface area contributed by atoms with Gasteiger partial charge in [0.1, 0.15) is 0 Å². The first kappa shape index (κ1) is 26.9. The van der Waals surface area contributed by atoms with Crippen molar-refractivity contribution in [1.82, 2.24) is 29.2 Å². The fourth-order valence-corrected chi connectivity index (χ4v) is 4.53. The maximum atomic E-state index is 13.1. The van der Waals surface area contributed by atoms with Gasteiger partial charge in [0, 0.05) is 25.1 Å². The van der Waals surface area contributed by atoms with Gasteiger partial charge >= 0.3 is 5.69 Å². The molecule has 9 nitrogen and oxygen atoms in total. The average Bonchev–Trinajstić information content (AvgIpc) is 3.51. The number of hydrogen-bond donors (Lipinski definition) is 1. The van der Waals surface area contributed by atoms with Crippen LogP contribution in [0.5, 0.6) is 0 Å². The lowest BCUT2D eigenvalue weighted by Crippen LogP contribution is -2.40. The Morgan fingerprint density at radius 2 is 1.70 bits per heavy atom. The molecule has 0 saturated heterocycles. The van der Waals surface area contributed by atoms with E-state index in [-0.39, 0.29) is 23.0 Å². The van der Waals surface area contributed by atoms with Crippen molar-refractivity contribution in [2.45, 2.75) is 85.2 Å². The van der Waals surface area contributed by atoms with E-state index in [0.29, 0.717) is 49.1 Å². The first-order valence-electron chi connectivity index (χ1n) is 13.2. The zero-order chi connectivity index (χ0) is 26.4. The van der Waals surface area contributed by atoms with E-state index in [1.54, 1.807) is 4.57 Å². The Morgan fingerprint density at radius 3 is 2.43 bits per heavy atom. The topological polar surface area (TPSA) is 112 Å². The number of imidazole rings is 1. The molecular formula is C27H35ClN6O3. The fourth-order valence-electron chi connectivity index (χ4n) is 4.35. The molecule has 0 amide bonds. The third kappa shape index (κ3) is 6.57. The third-order valence-corrected chi connectivity index (χ3v) is 6.71. The number of fused-ring (bicyclic) bond motifs is 1. The molecule has 0 unspecified atom stereocenters. The van der Waals surface area contributed by atoms with Crippen LogP contribution in [0.15, 0.2) is 38.4 Å². The molecule has 3 heterocycles. The highest BCUT2D eigenvalue weighted by Gasteiger charge is 2.17. The Morgan fingerprint density at radius 1 is 0.973 bits per heavy atom. The van der Waals surface area contributed by atoms with Crippen molar-refractivity contribution in [3.63, 3.8) is 0 Å². The second kappa shape index (κ2) is 12.4. The predicted octanol–water partition coefficient (Wildman–Crippen LogP) is 5.39. The van der Waals surface area contributed by atoms with Gasteiger partial charge in [0.15, 0.2) is 11.2 Å². The maximum absolute atomic E-state index is 13.1. The molecule has 3 aromatic heterocycles. The first-order valence-corrected chi connectivity index (χ1v) is 13.6. The zero-order valence-electron chi connectivity index (χ0n) is 21.8. The summed E-state index contributed by atoms with van der Waals surface area (Å²) in [4.78, 5) is 37.6. The van der Waals surface area contributed by atoms with Crippen LogP contribution in [0.1, 0.15) is 70.8 Å². The van der Waals surface area contributed by atoms with E-state index >= 15 is 0 Å². The highest BCUT2D eigenvalue weighted by atomic mass is 35.5. The van der Waals surface area contributed by atoms with E-state index in [0.717, 1.165) is 37.7 Å². The van der Waals surface area contributed by atoms with Crippen molar-refractivity contribution in [3.05, 3.63) is 61.8 Å². The van der Waals surface area contributed by atoms with Crippen molar-refractivity contribution >= 4 is 22.8 Å². The molecular weight excluding hydrogens is 492 g/mol. The lowest BCUT2D eigenvalue weighted by atomic mass is 10.0. The number of H-pyrrole nitrogens is 1. The monoisotopic (exact) mass is 526 g/mol. The number of hydrogen-bond acceptors (Lipinski definition) is 6. The molecule has 198 valence electrons. The van der Waals surface area contributed by atoms with Crippen molar-refractivity contribution in [1.29, 1.82) is 0 Å². The van der Waals surface area contributed by atoms with Crippen LogP contribution in [0.2, 0.25) is 5.28 Å². The lowest BCUT2D eigenvalue weighted by Gasteiger charge is -2.11. The fraction of sp³-hybridized carbons (Fsp3) is 0.519. The van der Waals surface area contributed by atoms with Crippen LogP contribution in [0.3, 0.4) is 0 Å². The molecule has 0 atom stereocenters. The smallest absolute Gasteiger partial charge is 0.332 e. The Hall–Kier alpha value is -3.20. The summed E-state index contributed by atoms with van der Waals surface area (Å²) in [5.41, 5.74) is 2.05. The summed E-state index contributed by atoms with van der Waals surface area (Å²) >= 11 is 6.01. The number of rotatable bonds is 13. The van der Waals surface area contributed by atoms with Crippen LogP contribution in [0, 0.1) is 5.92 Å².